The van der Waals surface area contributed by atoms with Gasteiger partial charge in [-0.15, -0.1) is 0 Å². The quantitative estimate of drug-likeness (QED) is 0.861. The number of ether oxygens (including phenoxy) is 1. The Morgan fingerprint density at radius 1 is 1.29 bits per heavy atom. The molecule has 0 aliphatic rings. The molecule has 2 nitrogen and oxygen atoms in total. The summed E-state index contributed by atoms with van der Waals surface area (Å²) in [5.41, 5.74) is 2.99. The average molecular weight is 352 g/mol. The first kappa shape index (κ1) is 16.0. The predicted molar refractivity (Wildman–Crippen MR) is 87.3 cm³/mol. The number of hydrogen-bond donors (Lipinski definition) is 1. The fourth-order valence-corrected chi connectivity index (χ4v) is 2.96. The second kappa shape index (κ2) is 7.05. The molecule has 0 radical (unpaired) electrons. The molecule has 0 amide bonds. The van der Waals surface area contributed by atoms with E-state index in [0.717, 1.165) is 4.47 Å². The molecule has 2 aromatic carbocycles. The summed E-state index contributed by atoms with van der Waals surface area (Å²) in [5.74, 6) is 0.00453. The molecule has 1 unspecified atom stereocenters. The van der Waals surface area contributed by atoms with Crippen molar-refractivity contribution in [1.29, 1.82) is 0 Å². The van der Waals surface area contributed by atoms with Crippen molar-refractivity contribution in [3.05, 3.63) is 63.4 Å². The third-order valence-electron chi connectivity index (χ3n) is 3.64. The Bertz CT molecular complexity index is 630. The van der Waals surface area contributed by atoms with Gasteiger partial charge in [0.25, 0.3) is 0 Å². The van der Waals surface area contributed by atoms with E-state index in [-0.39, 0.29) is 17.6 Å². The largest absolute Gasteiger partial charge is 0.494 e. The zero-order valence-corrected chi connectivity index (χ0v) is 14.0. The average Bonchev–Trinajstić information content (AvgIpc) is 2.47. The lowest BCUT2D eigenvalue weighted by Crippen LogP contribution is -2.20. The Morgan fingerprint density at radius 2 is 2.05 bits per heavy atom. The van der Waals surface area contributed by atoms with Gasteiger partial charge in [-0.1, -0.05) is 34.1 Å². The zero-order chi connectivity index (χ0) is 15.4. The van der Waals surface area contributed by atoms with Gasteiger partial charge in [0.15, 0.2) is 11.6 Å². The Morgan fingerprint density at radius 3 is 2.67 bits per heavy atom. The van der Waals surface area contributed by atoms with E-state index in [1.165, 1.54) is 18.2 Å². The number of halogens is 2. The SMILES string of the molecule is CNC(Cc1cccc(OC)c1F)c1ccc(Br)cc1C. The maximum Gasteiger partial charge on any atom is 0.168 e. The monoisotopic (exact) mass is 351 g/mol. The molecule has 21 heavy (non-hydrogen) atoms. The molecule has 0 aromatic heterocycles. The van der Waals surface area contributed by atoms with Gasteiger partial charge < -0.3 is 10.1 Å². The van der Waals surface area contributed by atoms with E-state index in [9.17, 15) is 4.39 Å². The Labute approximate surface area is 133 Å². The molecule has 0 aliphatic carbocycles. The van der Waals surface area contributed by atoms with Gasteiger partial charge in [0.2, 0.25) is 0 Å². The van der Waals surface area contributed by atoms with E-state index in [2.05, 4.69) is 40.3 Å². The minimum atomic E-state index is -0.282. The highest BCUT2D eigenvalue weighted by Crippen LogP contribution is 2.27. The maximum absolute atomic E-state index is 14.3. The lowest BCUT2D eigenvalue weighted by molar-refractivity contribution is 0.383. The molecule has 0 spiro atoms. The van der Waals surface area contributed by atoms with E-state index >= 15 is 0 Å². The number of hydrogen-bond acceptors (Lipinski definition) is 2. The molecule has 0 saturated heterocycles. The van der Waals surface area contributed by atoms with Crippen LogP contribution in [0.25, 0.3) is 0 Å². The Kier molecular flexibility index (Phi) is 5.37. The highest BCUT2D eigenvalue weighted by molar-refractivity contribution is 9.10. The van der Waals surface area contributed by atoms with Gasteiger partial charge in [-0.25, -0.2) is 4.39 Å². The van der Waals surface area contributed by atoms with Crippen LogP contribution < -0.4 is 10.1 Å². The summed E-state index contributed by atoms with van der Waals surface area (Å²) in [7, 11) is 3.38. The Balaban J connectivity index is 2.31. The lowest BCUT2D eigenvalue weighted by atomic mass is 9.95. The van der Waals surface area contributed by atoms with Crippen LogP contribution in [0, 0.1) is 12.7 Å². The number of likely N-dealkylation sites (N-methyl/N-ethyl adjacent to an activating group) is 1. The summed E-state index contributed by atoms with van der Waals surface area (Å²) >= 11 is 3.47. The van der Waals surface area contributed by atoms with Crippen LogP contribution in [-0.4, -0.2) is 14.2 Å². The Hall–Kier alpha value is -1.39. The molecule has 1 N–H and O–H groups in total. The molecular weight excluding hydrogens is 333 g/mol. The molecule has 4 heteroatoms. The van der Waals surface area contributed by atoms with Crippen LogP contribution in [0.2, 0.25) is 0 Å². The van der Waals surface area contributed by atoms with Crippen LogP contribution in [0.4, 0.5) is 4.39 Å². The first-order valence-corrected chi connectivity index (χ1v) is 7.60. The summed E-state index contributed by atoms with van der Waals surface area (Å²) in [5, 5.41) is 3.27. The fourth-order valence-electron chi connectivity index (χ4n) is 2.49. The van der Waals surface area contributed by atoms with Crippen LogP contribution in [0.3, 0.4) is 0 Å². The van der Waals surface area contributed by atoms with E-state index in [1.54, 1.807) is 12.1 Å². The van der Waals surface area contributed by atoms with Gasteiger partial charge in [0.1, 0.15) is 0 Å². The van der Waals surface area contributed by atoms with Crippen molar-refractivity contribution in [3.8, 4) is 5.75 Å². The lowest BCUT2D eigenvalue weighted by Gasteiger charge is -2.20. The molecule has 0 saturated carbocycles. The third kappa shape index (κ3) is 3.63. The minimum Gasteiger partial charge on any atom is -0.494 e. The molecule has 112 valence electrons. The van der Waals surface area contributed by atoms with E-state index < -0.39 is 0 Å². The molecular formula is C17H19BrFNO. The van der Waals surface area contributed by atoms with Crippen LogP contribution in [0.15, 0.2) is 40.9 Å². The highest BCUT2D eigenvalue weighted by Gasteiger charge is 2.16. The van der Waals surface area contributed by atoms with Gasteiger partial charge in [-0.05, 0) is 55.3 Å². The number of nitrogens with one attached hydrogen (secondary N) is 1. The minimum absolute atomic E-state index is 0.0553. The smallest absolute Gasteiger partial charge is 0.168 e. The van der Waals surface area contributed by atoms with Gasteiger partial charge >= 0.3 is 0 Å². The molecule has 0 heterocycles. The molecule has 2 rings (SSSR count). The van der Waals surface area contributed by atoms with E-state index in [1.807, 2.05) is 19.2 Å². The van der Waals surface area contributed by atoms with Crippen LogP contribution in [0.1, 0.15) is 22.7 Å². The number of benzene rings is 2. The first-order valence-electron chi connectivity index (χ1n) is 6.81. The van der Waals surface area contributed by atoms with Crippen molar-refractivity contribution >= 4 is 15.9 Å². The first-order chi connectivity index (χ1) is 10.1. The third-order valence-corrected chi connectivity index (χ3v) is 4.14. The fraction of sp³-hybridized carbons (Fsp3) is 0.294. The summed E-state index contributed by atoms with van der Waals surface area (Å²) in [6.07, 6.45) is 0.571. The van der Waals surface area contributed by atoms with E-state index in [0.29, 0.717) is 12.0 Å². The molecule has 0 fully saturated rings. The summed E-state index contributed by atoms with van der Waals surface area (Å²) in [6.45, 7) is 2.06. The summed E-state index contributed by atoms with van der Waals surface area (Å²) < 4.78 is 20.4. The second-order valence-corrected chi connectivity index (χ2v) is 5.90. The maximum atomic E-state index is 14.3. The van der Waals surface area contributed by atoms with Crippen molar-refractivity contribution in [3.63, 3.8) is 0 Å². The van der Waals surface area contributed by atoms with Gasteiger partial charge in [0.05, 0.1) is 7.11 Å². The summed E-state index contributed by atoms with van der Waals surface area (Å²) in [4.78, 5) is 0. The normalized spacial score (nSPS) is 12.2. The van der Waals surface area contributed by atoms with Crippen molar-refractivity contribution in [2.24, 2.45) is 0 Å². The standard InChI is InChI=1S/C17H19BrFNO/c1-11-9-13(18)7-8-14(11)15(20-2)10-12-5-4-6-16(21-3)17(12)19/h4-9,15,20H,10H2,1-3H3. The summed E-state index contributed by atoms with van der Waals surface area (Å²) in [6, 6.07) is 11.5. The number of rotatable bonds is 5. The van der Waals surface area contributed by atoms with Gasteiger partial charge in [-0.2, -0.15) is 0 Å². The number of methoxy groups -OCH3 is 1. The molecule has 1 atom stereocenters. The van der Waals surface area contributed by atoms with Gasteiger partial charge in [0, 0.05) is 10.5 Å². The van der Waals surface area contributed by atoms with Crippen LogP contribution in [-0.2, 0) is 6.42 Å². The van der Waals surface area contributed by atoms with Crippen molar-refractivity contribution in [2.45, 2.75) is 19.4 Å². The van der Waals surface area contributed by atoms with E-state index in [4.69, 9.17) is 4.74 Å². The molecule has 2 aromatic rings. The molecule has 0 aliphatic heterocycles. The number of aryl methyl sites for hydroxylation is 1. The van der Waals surface area contributed by atoms with Crippen LogP contribution in [0.5, 0.6) is 5.75 Å². The van der Waals surface area contributed by atoms with Crippen molar-refractivity contribution < 1.29 is 9.13 Å². The van der Waals surface area contributed by atoms with Crippen LogP contribution >= 0.6 is 15.9 Å². The van der Waals surface area contributed by atoms with Crippen molar-refractivity contribution in [1.82, 2.24) is 5.32 Å². The molecule has 0 bridgehead atoms. The van der Waals surface area contributed by atoms with Gasteiger partial charge in [-0.3, -0.25) is 0 Å². The topological polar surface area (TPSA) is 21.3 Å². The predicted octanol–water partition coefficient (Wildman–Crippen LogP) is 4.41. The zero-order valence-electron chi connectivity index (χ0n) is 12.4. The second-order valence-electron chi connectivity index (χ2n) is 4.98. The highest BCUT2D eigenvalue weighted by atomic mass is 79.9. The van der Waals surface area contributed by atoms with Crippen molar-refractivity contribution in [2.75, 3.05) is 14.2 Å².